The molecule has 1 aromatic rings. The van der Waals surface area contributed by atoms with E-state index < -0.39 is 24.4 Å². The summed E-state index contributed by atoms with van der Waals surface area (Å²) < 4.78 is 34.4. The van der Waals surface area contributed by atoms with E-state index in [1.54, 1.807) is 14.0 Å². The van der Waals surface area contributed by atoms with Crippen LogP contribution in [0.2, 0.25) is 5.02 Å². The molecule has 0 bridgehead atoms. The van der Waals surface area contributed by atoms with Crippen molar-refractivity contribution >= 4 is 35.2 Å². The molecule has 1 aliphatic heterocycles. The largest absolute Gasteiger partial charge is 0.449 e. The van der Waals surface area contributed by atoms with E-state index in [1.165, 1.54) is 11.1 Å². The topological polar surface area (TPSA) is 116 Å². The highest BCUT2D eigenvalue weighted by molar-refractivity contribution is 6.37. The van der Waals surface area contributed by atoms with Crippen LogP contribution in [0.3, 0.4) is 0 Å². The second kappa shape index (κ2) is 9.19. The van der Waals surface area contributed by atoms with E-state index in [4.69, 9.17) is 16.3 Å². The molecule has 0 aliphatic carbocycles. The Kier molecular flexibility index (Phi) is 6.96. The summed E-state index contributed by atoms with van der Waals surface area (Å²) in [5.74, 6) is -0.968. The minimum atomic E-state index is -3.16. The maximum atomic E-state index is 12.6. The first-order chi connectivity index (χ1) is 12.8. The van der Waals surface area contributed by atoms with Crippen LogP contribution in [0.5, 0.6) is 5.75 Å². The average Bonchev–Trinajstić information content (AvgIpc) is 3.00. The molecule has 0 saturated carbocycles. The Bertz CT molecular complexity index is 749. The van der Waals surface area contributed by atoms with Crippen LogP contribution < -0.4 is 26.4 Å². The lowest BCUT2D eigenvalue weighted by molar-refractivity contribution is -0.0493. The number of alkyl halides is 2. The molecule has 10 nitrogen and oxygen atoms in total. The Morgan fingerprint density at radius 2 is 2.11 bits per heavy atom. The van der Waals surface area contributed by atoms with Crippen LogP contribution in [-0.4, -0.2) is 43.2 Å². The molecule has 1 aromatic carbocycles. The van der Waals surface area contributed by atoms with Gasteiger partial charge in [-0.05, 0) is 18.6 Å². The third-order valence-electron chi connectivity index (χ3n) is 3.15. The van der Waals surface area contributed by atoms with Crippen molar-refractivity contribution in [1.82, 2.24) is 21.4 Å². The van der Waals surface area contributed by atoms with E-state index >= 15 is 0 Å². The molecule has 0 unspecified atom stereocenters. The first-order valence-corrected chi connectivity index (χ1v) is 8.05. The van der Waals surface area contributed by atoms with Crippen LogP contribution >= 0.6 is 11.6 Å². The molecule has 27 heavy (non-hydrogen) atoms. The quantitative estimate of drug-likeness (QED) is 0.569. The van der Waals surface area contributed by atoms with Crippen molar-refractivity contribution in [3.63, 3.8) is 0 Å². The van der Waals surface area contributed by atoms with Crippen molar-refractivity contribution in [3.05, 3.63) is 22.7 Å². The molecule has 4 N–H and O–H groups in total. The van der Waals surface area contributed by atoms with Gasteiger partial charge in [-0.25, -0.2) is 10.3 Å². The van der Waals surface area contributed by atoms with E-state index in [1.807, 2.05) is 0 Å². The van der Waals surface area contributed by atoms with Crippen molar-refractivity contribution in [2.75, 3.05) is 19.0 Å². The van der Waals surface area contributed by atoms with Gasteiger partial charge in [0.15, 0.2) is 5.75 Å². The molecule has 1 heterocycles. The predicted molar refractivity (Wildman–Crippen MR) is 92.3 cm³/mol. The molecule has 0 radical (unpaired) electrons. The summed E-state index contributed by atoms with van der Waals surface area (Å²) in [5, 5.41) is 9.51. The highest BCUT2D eigenvalue weighted by Gasteiger charge is 2.24. The maximum absolute atomic E-state index is 12.6. The van der Waals surface area contributed by atoms with E-state index in [0.29, 0.717) is 6.42 Å². The smallest absolute Gasteiger partial charge is 0.411 e. The Morgan fingerprint density at radius 1 is 1.37 bits per heavy atom. The molecule has 13 heteroatoms. The molecular weight excluding hydrogens is 390 g/mol. The number of hydrogen-bond donors (Lipinski definition) is 4. The molecule has 0 saturated heterocycles. The monoisotopic (exact) mass is 406 g/mol. The Morgan fingerprint density at radius 3 is 2.70 bits per heavy atom. The summed E-state index contributed by atoms with van der Waals surface area (Å²) in [7, 11) is 1.58. The van der Waals surface area contributed by atoms with E-state index in [-0.39, 0.29) is 28.8 Å². The van der Waals surface area contributed by atoms with E-state index in [2.05, 4.69) is 31.5 Å². The number of nitrogens with one attached hydrogen (secondary N) is 4. The maximum Gasteiger partial charge on any atom is 0.411 e. The van der Waals surface area contributed by atoms with Crippen LogP contribution in [0.4, 0.5) is 19.3 Å². The Hall–Kier alpha value is -2.86. The van der Waals surface area contributed by atoms with Gasteiger partial charge in [-0.1, -0.05) is 18.5 Å². The minimum absolute atomic E-state index is 0.105. The van der Waals surface area contributed by atoms with Crippen molar-refractivity contribution in [3.8, 4) is 5.75 Å². The standard InChI is InChI=1S/C14H17ClF2N6O4/c1-3-6-26-14(25)18-10-8(27-12(16)17)5-4-7(9(10)15)11(24)19-13-20-21-22-23(13)2/h4-5,12,21-22H,3,6H2,1-2H3,(H,18,25)(H,19,20,24). The third-order valence-corrected chi connectivity index (χ3v) is 3.54. The number of benzene rings is 1. The third kappa shape index (κ3) is 5.31. The fourth-order valence-electron chi connectivity index (χ4n) is 1.94. The van der Waals surface area contributed by atoms with E-state index in [0.717, 1.165) is 6.07 Å². The highest BCUT2D eigenvalue weighted by Crippen LogP contribution is 2.36. The number of hydrogen-bond acceptors (Lipinski definition) is 8. The second-order valence-electron chi connectivity index (χ2n) is 5.11. The molecule has 148 valence electrons. The lowest BCUT2D eigenvalue weighted by Crippen LogP contribution is -2.45. The highest BCUT2D eigenvalue weighted by atomic mass is 35.5. The van der Waals surface area contributed by atoms with Gasteiger partial charge >= 0.3 is 12.7 Å². The molecule has 0 fully saturated rings. The fourth-order valence-corrected chi connectivity index (χ4v) is 2.23. The van der Waals surface area contributed by atoms with Crippen molar-refractivity contribution in [2.24, 2.45) is 5.10 Å². The van der Waals surface area contributed by atoms with Gasteiger partial charge in [-0.3, -0.25) is 20.4 Å². The Balaban J connectivity index is 2.29. The Labute approximate surface area is 157 Å². The number of halogens is 3. The minimum Gasteiger partial charge on any atom is -0.449 e. The molecule has 0 spiro atoms. The number of ether oxygens (including phenoxy) is 2. The van der Waals surface area contributed by atoms with Gasteiger partial charge in [-0.15, -0.1) is 10.6 Å². The molecule has 2 rings (SSSR count). The summed E-state index contributed by atoms with van der Waals surface area (Å²) in [5.41, 5.74) is 4.58. The normalized spacial score (nSPS) is 13.1. The van der Waals surface area contributed by atoms with E-state index in [9.17, 15) is 18.4 Å². The zero-order chi connectivity index (χ0) is 20.0. The number of rotatable bonds is 6. The molecule has 2 amide bonds. The number of guanidine groups is 1. The van der Waals surface area contributed by atoms with Gasteiger partial charge in [0.2, 0.25) is 5.96 Å². The zero-order valence-corrected chi connectivity index (χ0v) is 15.1. The van der Waals surface area contributed by atoms with Crippen LogP contribution in [-0.2, 0) is 4.74 Å². The van der Waals surface area contributed by atoms with Gasteiger partial charge < -0.3 is 9.47 Å². The predicted octanol–water partition coefficient (Wildman–Crippen LogP) is 1.86. The first kappa shape index (κ1) is 20.5. The number of nitrogens with zero attached hydrogens (tertiary/aromatic N) is 2. The van der Waals surface area contributed by atoms with Crippen LogP contribution in [0.15, 0.2) is 17.2 Å². The number of hydrazine groups is 2. The van der Waals surface area contributed by atoms with Crippen LogP contribution in [0, 0.1) is 0 Å². The molecule has 0 aromatic heterocycles. The molecule has 0 atom stereocenters. The number of hydrazone groups is 1. The summed E-state index contributed by atoms with van der Waals surface area (Å²) in [6.07, 6.45) is -0.370. The van der Waals surface area contributed by atoms with Crippen molar-refractivity contribution in [2.45, 2.75) is 20.0 Å². The second-order valence-corrected chi connectivity index (χ2v) is 5.49. The summed E-state index contributed by atoms with van der Waals surface area (Å²) in [6.45, 7) is -1.27. The summed E-state index contributed by atoms with van der Waals surface area (Å²) in [6, 6.07) is 2.26. The molecule has 1 aliphatic rings. The zero-order valence-electron chi connectivity index (χ0n) is 14.3. The van der Waals surface area contributed by atoms with Crippen LogP contribution in [0.25, 0.3) is 0 Å². The van der Waals surface area contributed by atoms with Gasteiger partial charge in [0, 0.05) is 7.05 Å². The fraction of sp³-hybridized carbons (Fsp3) is 0.357. The number of carbonyl (C=O) groups excluding carboxylic acids is 2. The van der Waals surface area contributed by atoms with Crippen molar-refractivity contribution < 1.29 is 27.8 Å². The number of carbonyl (C=O) groups is 2. The number of anilines is 1. The molecular formula is C14H17ClF2N6O4. The van der Waals surface area contributed by atoms with Gasteiger partial charge in [-0.2, -0.15) is 8.78 Å². The SMILES string of the molecule is CCCOC(=O)Nc1c(OC(F)F)ccc(C(=O)NC2=NNNN2C)c1Cl. The lowest BCUT2D eigenvalue weighted by atomic mass is 10.1. The van der Waals surface area contributed by atoms with Gasteiger partial charge in [0.1, 0.15) is 5.69 Å². The van der Waals surface area contributed by atoms with Gasteiger partial charge in [0.05, 0.1) is 17.2 Å². The van der Waals surface area contributed by atoms with Crippen LogP contribution in [0.1, 0.15) is 23.7 Å². The lowest BCUT2D eigenvalue weighted by Gasteiger charge is -2.17. The first-order valence-electron chi connectivity index (χ1n) is 7.68. The summed E-state index contributed by atoms with van der Waals surface area (Å²) >= 11 is 6.15. The van der Waals surface area contributed by atoms with Crippen molar-refractivity contribution in [1.29, 1.82) is 0 Å². The number of amides is 2. The average molecular weight is 407 g/mol. The summed E-state index contributed by atoms with van der Waals surface area (Å²) in [4.78, 5) is 24.2. The van der Waals surface area contributed by atoms with Gasteiger partial charge in [0.25, 0.3) is 5.91 Å².